The molecule has 1 N–H and O–H groups in total. The molecule has 0 bridgehead atoms. The number of carbonyl (C=O) groups is 1. The summed E-state index contributed by atoms with van der Waals surface area (Å²) in [6.07, 6.45) is 2.73. The zero-order chi connectivity index (χ0) is 18.8. The Bertz CT molecular complexity index is 1040. The lowest BCUT2D eigenvalue weighted by molar-refractivity contribution is 0.0740. The lowest BCUT2D eigenvalue weighted by Crippen LogP contribution is -2.49. The minimum absolute atomic E-state index is 0.166. The van der Waals surface area contributed by atoms with E-state index in [0.717, 1.165) is 16.6 Å². The Labute approximate surface area is 154 Å². The Kier molecular flexibility index (Phi) is 4.41. The lowest BCUT2D eigenvalue weighted by atomic mass is 10.2. The van der Waals surface area contributed by atoms with E-state index in [1.807, 2.05) is 18.2 Å². The zero-order valence-corrected chi connectivity index (χ0v) is 14.8. The number of hydrogen-bond donors (Lipinski definition) is 1. The van der Waals surface area contributed by atoms with E-state index in [1.54, 1.807) is 12.0 Å². The number of fused-ring (bicyclic) bond motifs is 1. The van der Waals surface area contributed by atoms with Crippen LogP contribution in [-0.2, 0) is 0 Å². The number of amides is 1. The third-order valence-corrected chi connectivity index (χ3v) is 4.61. The fourth-order valence-corrected chi connectivity index (χ4v) is 3.20. The summed E-state index contributed by atoms with van der Waals surface area (Å²) in [5, 5.41) is 0.851. The van der Waals surface area contributed by atoms with E-state index in [2.05, 4.69) is 24.8 Å². The average molecular weight is 366 g/mol. The van der Waals surface area contributed by atoms with Crippen LogP contribution in [0.15, 0.2) is 41.7 Å². The lowest BCUT2D eigenvalue weighted by Gasteiger charge is -2.36. The maximum atomic E-state index is 12.5. The molecule has 0 saturated carbocycles. The van der Waals surface area contributed by atoms with Gasteiger partial charge >= 0.3 is 0 Å². The van der Waals surface area contributed by atoms with Gasteiger partial charge in [0.05, 0.1) is 24.3 Å². The highest BCUT2D eigenvalue weighted by atomic mass is 16.5. The van der Waals surface area contributed by atoms with E-state index in [9.17, 15) is 9.59 Å². The molecule has 0 radical (unpaired) electrons. The van der Waals surface area contributed by atoms with E-state index < -0.39 is 0 Å². The van der Waals surface area contributed by atoms with Crippen molar-refractivity contribution in [3.8, 4) is 5.88 Å². The maximum absolute atomic E-state index is 12.5. The highest BCUT2D eigenvalue weighted by Crippen LogP contribution is 2.27. The van der Waals surface area contributed by atoms with Crippen LogP contribution in [0.3, 0.4) is 0 Å². The predicted molar refractivity (Wildman–Crippen MR) is 99.1 cm³/mol. The molecule has 1 amide bonds. The summed E-state index contributed by atoms with van der Waals surface area (Å²) in [6.45, 7) is 2.45. The van der Waals surface area contributed by atoms with E-state index in [0.29, 0.717) is 32.1 Å². The van der Waals surface area contributed by atoms with E-state index in [-0.39, 0.29) is 17.2 Å². The largest absolute Gasteiger partial charge is 0.480 e. The number of rotatable bonds is 3. The summed E-state index contributed by atoms with van der Waals surface area (Å²) in [7, 11) is 1.58. The first kappa shape index (κ1) is 17.0. The van der Waals surface area contributed by atoms with Crippen molar-refractivity contribution in [2.75, 3.05) is 38.2 Å². The molecule has 1 aliphatic heterocycles. The monoisotopic (exact) mass is 366 g/mol. The Morgan fingerprint density at radius 2 is 1.93 bits per heavy atom. The van der Waals surface area contributed by atoms with Gasteiger partial charge in [0, 0.05) is 37.9 Å². The zero-order valence-electron chi connectivity index (χ0n) is 14.8. The Morgan fingerprint density at radius 3 is 2.67 bits per heavy atom. The van der Waals surface area contributed by atoms with E-state index in [4.69, 9.17) is 4.74 Å². The number of ether oxygens (including phenoxy) is 1. The molecule has 9 heteroatoms. The van der Waals surface area contributed by atoms with Crippen LogP contribution in [0.1, 0.15) is 10.5 Å². The number of aromatic amines is 1. The maximum Gasteiger partial charge on any atom is 0.272 e. The fourth-order valence-electron chi connectivity index (χ4n) is 3.20. The van der Waals surface area contributed by atoms with Crippen molar-refractivity contribution in [1.29, 1.82) is 0 Å². The highest BCUT2D eigenvalue weighted by Gasteiger charge is 2.23. The number of anilines is 1. The molecule has 4 rings (SSSR count). The van der Waals surface area contributed by atoms with Crippen LogP contribution in [0.25, 0.3) is 10.9 Å². The van der Waals surface area contributed by atoms with Crippen molar-refractivity contribution in [2.24, 2.45) is 0 Å². The molecule has 138 valence electrons. The van der Waals surface area contributed by atoms with Crippen molar-refractivity contribution in [2.45, 2.75) is 0 Å². The van der Waals surface area contributed by atoms with Gasteiger partial charge in [0.25, 0.3) is 11.5 Å². The summed E-state index contributed by atoms with van der Waals surface area (Å²) in [6, 6.07) is 7.17. The molecule has 9 nitrogen and oxygen atoms in total. The van der Waals surface area contributed by atoms with Gasteiger partial charge in [-0.3, -0.25) is 9.59 Å². The molecular formula is C18H18N6O3. The number of H-pyrrole nitrogens is 1. The minimum atomic E-state index is -0.334. The molecule has 1 fully saturated rings. The van der Waals surface area contributed by atoms with Gasteiger partial charge in [-0.15, -0.1) is 0 Å². The number of carbonyl (C=O) groups excluding carboxylic acids is 1. The average Bonchev–Trinajstić information content (AvgIpc) is 2.72. The first-order chi connectivity index (χ1) is 13.2. The molecular weight excluding hydrogens is 348 g/mol. The number of hydrogen-bond acceptors (Lipinski definition) is 7. The number of nitrogens with zero attached hydrogens (tertiary/aromatic N) is 5. The molecule has 1 saturated heterocycles. The van der Waals surface area contributed by atoms with Crippen molar-refractivity contribution in [3.05, 3.63) is 53.0 Å². The smallest absolute Gasteiger partial charge is 0.272 e. The molecule has 0 atom stereocenters. The molecule has 2 aromatic heterocycles. The summed E-state index contributed by atoms with van der Waals surface area (Å²) in [4.78, 5) is 42.6. The van der Waals surface area contributed by atoms with Crippen LogP contribution in [0.5, 0.6) is 5.88 Å². The van der Waals surface area contributed by atoms with Crippen LogP contribution < -0.4 is 15.2 Å². The van der Waals surface area contributed by atoms with Crippen LogP contribution in [0.2, 0.25) is 0 Å². The summed E-state index contributed by atoms with van der Waals surface area (Å²) >= 11 is 0. The number of benzene rings is 1. The van der Waals surface area contributed by atoms with Gasteiger partial charge in [-0.25, -0.2) is 15.0 Å². The van der Waals surface area contributed by atoms with Gasteiger partial charge in [0.2, 0.25) is 5.88 Å². The quantitative estimate of drug-likeness (QED) is 0.727. The van der Waals surface area contributed by atoms with Crippen molar-refractivity contribution in [3.63, 3.8) is 0 Å². The van der Waals surface area contributed by atoms with E-state index in [1.165, 1.54) is 18.7 Å². The Hall–Kier alpha value is -3.49. The second-order valence-corrected chi connectivity index (χ2v) is 6.16. The highest BCUT2D eigenvalue weighted by molar-refractivity contribution is 5.92. The van der Waals surface area contributed by atoms with Crippen molar-refractivity contribution >= 4 is 22.5 Å². The first-order valence-electron chi connectivity index (χ1n) is 8.53. The molecule has 1 aliphatic rings. The van der Waals surface area contributed by atoms with Crippen LogP contribution in [-0.4, -0.2) is 64.0 Å². The van der Waals surface area contributed by atoms with Crippen molar-refractivity contribution in [1.82, 2.24) is 24.8 Å². The minimum Gasteiger partial charge on any atom is -0.480 e. The summed E-state index contributed by atoms with van der Waals surface area (Å²) in [5.41, 5.74) is 1.68. The van der Waals surface area contributed by atoms with Crippen LogP contribution in [0, 0.1) is 0 Å². The third kappa shape index (κ3) is 3.31. The van der Waals surface area contributed by atoms with Gasteiger partial charge in [-0.05, 0) is 18.2 Å². The normalized spacial score (nSPS) is 14.4. The third-order valence-electron chi connectivity index (χ3n) is 4.61. The number of methoxy groups -OCH3 is 1. The van der Waals surface area contributed by atoms with Gasteiger partial charge in [0.15, 0.2) is 0 Å². The van der Waals surface area contributed by atoms with Gasteiger partial charge < -0.3 is 19.5 Å². The molecule has 3 aromatic rings. The standard InChI is InChI=1S/C18H18N6O3/c1-27-17-13-8-12(2-3-14(13)19-11-22-17)23-4-6-24(7-5-23)18(26)15-9-16(25)21-10-20-15/h2-3,8-11H,4-7H2,1H3,(H,20,21,25). The molecule has 27 heavy (non-hydrogen) atoms. The van der Waals surface area contributed by atoms with Crippen molar-refractivity contribution < 1.29 is 9.53 Å². The fraction of sp³-hybridized carbons (Fsp3) is 0.278. The Balaban J connectivity index is 1.50. The second kappa shape index (κ2) is 7.02. The number of aromatic nitrogens is 4. The second-order valence-electron chi connectivity index (χ2n) is 6.16. The molecule has 3 heterocycles. The topological polar surface area (TPSA) is 104 Å². The summed E-state index contributed by atoms with van der Waals surface area (Å²) in [5.74, 6) is 0.311. The van der Waals surface area contributed by atoms with Gasteiger partial charge in [-0.1, -0.05) is 0 Å². The molecule has 0 unspecified atom stereocenters. The number of nitrogens with one attached hydrogen (secondary N) is 1. The van der Waals surface area contributed by atoms with Crippen LogP contribution >= 0.6 is 0 Å². The van der Waals surface area contributed by atoms with Gasteiger partial charge in [-0.2, -0.15) is 0 Å². The SMILES string of the molecule is COc1ncnc2ccc(N3CCN(C(=O)c4cc(=O)[nH]cn4)CC3)cc12. The van der Waals surface area contributed by atoms with E-state index >= 15 is 0 Å². The Morgan fingerprint density at radius 1 is 1.11 bits per heavy atom. The van der Waals surface area contributed by atoms with Gasteiger partial charge in [0.1, 0.15) is 12.0 Å². The summed E-state index contributed by atoms with van der Waals surface area (Å²) < 4.78 is 5.32. The number of piperazine rings is 1. The first-order valence-corrected chi connectivity index (χ1v) is 8.53. The predicted octanol–water partition coefficient (Wildman–Crippen LogP) is 0.684. The molecule has 0 aliphatic carbocycles. The molecule has 0 spiro atoms. The molecule has 1 aromatic carbocycles. The van der Waals surface area contributed by atoms with Crippen LogP contribution in [0.4, 0.5) is 5.69 Å².